The minimum absolute atomic E-state index is 0.0814. The van der Waals surface area contributed by atoms with Crippen LogP contribution in [0.1, 0.15) is 58.3 Å². The molecule has 2 N–H and O–H groups in total. The molecule has 0 saturated heterocycles. The summed E-state index contributed by atoms with van der Waals surface area (Å²) >= 11 is 0. The molecule has 2 saturated carbocycles. The Kier molecular flexibility index (Phi) is 5.67. The summed E-state index contributed by atoms with van der Waals surface area (Å²) in [6, 6.07) is 0.667. The third kappa shape index (κ3) is 5.41. The number of aliphatic hydroxyl groups is 1. The van der Waals surface area contributed by atoms with Gasteiger partial charge in [0.1, 0.15) is 0 Å². The minimum atomic E-state index is -0.0814. The summed E-state index contributed by atoms with van der Waals surface area (Å²) in [5.41, 5.74) is -0.0814. The summed E-state index contributed by atoms with van der Waals surface area (Å²) in [5.74, 6) is 0.913. The van der Waals surface area contributed by atoms with E-state index < -0.39 is 0 Å². The van der Waals surface area contributed by atoms with Gasteiger partial charge in [-0.3, -0.25) is 0 Å². The topological polar surface area (TPSA) is 35.5 Å². The smallest absolute Gasteiger partial charge is 0.0611 e. The van der Waals surface area contributed by atoms with Gasteiger partial charge in [0.2, 0.25) is 0 Å². The summed E-state index contributed by atoms with van der Waals surface area (Å²) in [6.45, 7) is 4.75. The van der Waals surface area contributed by atoms with Gasteiger partial charge in [0, 0.05) is 18.1 Å². The van der Waals surface area contributed by atoms with E-state index >= 15 is 0 Å². The van der Waals surface area contributed by atoms with Gasteiger partial charge in [-0.05, 0) is 58.5 Å². The predicted octanol–water partition coefficient (Wildman–Crippen LogP) is 2.39. The van der Waals surface area contributed by atoms with Gasteiger partial charge in [-0.2, -0.15) is 0 Å². The molecule has 0 radical (unpaired) electrons. The van der Waals surface area contributed by atoms with Crippen LogP contribution in [0.15, 0.2) is 0 Å². The van der Waals surface area contributed by atoms with E-state index in [1.807, 2.05) is 0 Å². The van der Waals surface area contributed by atoms with Crippen LogP contribution in [0.2, 0.25) is 0 Å². The van der Waals surface area contributed by atoms with Crippen molar-refractivity contribution in [2.45, 2.75) is 69.9 Å². The number of nitrogens with one attached hydrogen (secondary N) is 1. The first-order valence-corrected chi connectivity index (χ1v) is 8.18. The summed E-state index contributed by atoms with van der Waals surface area (Å²) < 4.78 is 0. The lowest BCUT2D eigenvalue weighted by atomic mass is 9.89. The second kappa shape index (κ2) is 7.05. The number of aliphatic hydroxyl groups excluding tert-OH is 1. The van der Waals surface area contributed by atoms with Crippen LogP contribution in [0.5, 0.6) is 0 Å². The van der Waals surface area contributed by atoms with Crippen molar-refractivity contribution in [2.24, 2.45) is 5.92 Å². The molecule has 0 aromatic heterocycles. The second-order valence-electron chi connectivity index (χ2n) is 7.15. The molecule has 1 atom stereocenters. The van der Waals surface area contributed by atoms with E-state index in [9.17, 15) is 5.11 Å². The minimum Gasteiger partial charge on any atom is -0.394 e. The van der Waals surface area contributed by atoms with Gasteiger partial charge in [0.25, 0.3) is 0 Å². The highest BCUT2D eigenvalue weighted by molar-refractivity contribution is 4.92. The van der Waals surface area contributed by atoms with Crippen LogP contribution in [-0.2, 0) is 0 Å². The average molecular weight is 268 g/mol. The number of rotatable bonds is 8. The molecule has 0 aromatic carbocycles. The quantitative estimate of drug-likeness (QED) is 0.709. The Balaban J connectivity index is 1.66. The zero-order chi connectivity index (χ0) is 13.7. The molecule has 2 rings (SSSR count). The Labute approximate surface area is 118 Å². The Morgan fingerprint density at radius 2 is 1.84 bits per heavy atom. The lowest BCUT2D eigenvalue weighted by Gasteiger charge is -2.33. The number of hydrogen-bond donors (Lipinski definition) is 2. The Hall–Kier alpha value is -0.120. The van der Waals surface area contributed by atoms with Gasteiger partial charge in [0.15, 0.2) is 0 Å². The van der Waals surface area contributed by atoms with E-state index in [4.69, 9.17) is 0 Å². The van der Waals surface area contributed by atoms with Gasteiger partial charge in [-0.15, -0.1) is 0 Å². The fourth-order valence-corrected chi connectivity index (χ4v) is 3.26. The molecular weight excluding hydrogens is 236 g/mol. The van der Waals surface area contributed by atoms with Crippen LogP contribution in [0.4, 0.5) is 0 Å². The van der Waals surface area contributed by atoms with Gasteiger partial charge in [0.05, 0.1) is 6.61 Å². The Morgan fingerprint density at radius 1 is 1.16 bits per heavy atom. The molecular formula is C16H32N2O. The van der Waals surface area contributed by atoms with Crippen LogP contribution in [0.25, 0.3) is 0 Å². The Morgan fingerprint density at radius 3 is 2.42 bits per heavy atom. The van der Waals surface area contributed by atoms with E-state index in [2.05, 4.69) is 24.2 Å². The highest BCUT2D eigenvalue weighted by atomic mass is 16.3. The molecule has 0 aromatic rings. The van der Waals surface area contributed by atoms with Crippen LogP contribution < -0.4 is 5.32 Å². The molecule has 2 aliphatic carbocycles. The summed E-state index contributed by atoms with van der Waals surface area (Å²) in [4.78, 5) is 2.47. The van der Waals surface area contributed by atoms with Crippen molar-refractivity contribution in [2.75, 3.05) is 26.7 Å². The first-order chi connectivity index (χ1) is 9.11. The van der Waals surface area contributed by atoms with Crippen molar-refractivity contribution in [3.05, 3.63) is 0 Å². The maximum absolute atomic E-state index is 9.62. The molecule has 112 valence electrons. The molecule has 2 aliphatic rings. The van der Waals surface area contributed by atoms with Gasteiger partial charge < -0.3 is 15.3 Å². The first-order valence-electron chi connectivity index (χ1n) is 8.18. The molecule has 3 heteroatoms. The van der Waals surface area contributed by atoms with Crippen LogP contribution in [0, 0.1) is 5.92 Å². The second-order valence-corrected chi connectivity index (χ2v) is 7.15. The zero-order valence-corrected chi connectivity index (χ0v) is 12.8. The van der Waals surface area contributed by atoms with Crippen LogP contribution in [-0.4, -0.2) is 48.3 Å². The first kappa shape index (κ1) is 15.3. The predicted molar refractivity (Wildman–Crippen MR) is 80.3 cm³/mol. The van der Waals surface area contributed by atoms with Crippen molar-refractivity contribution in [3.63, 3.8) is 0 Å². The fourth-order valence-electron chi connectivity index (χ4n) is 3.26. The highest BCUT2D eigenvalue weighted by Crippen LogP contribution is 2.26. The molecule has 1 unspecified atom stereocenters. The van der Waals surface area contributed by atoms with E-state index in [1.165, 1.54) is 51.5 Å². The van der Waals surface area contributed by atoms with Crippen LogP contribution in [0.3, 0.4) is 0 Å². The standard InChI is InChI=1S/C16H32N2O/c1-16(13-19,17-15-8-9-15)10-11-18(2)12-14-6-4-3-5-7-14/h14-15,17,19H,3-13H2,1-2H3. The molecule has 0 amide bonds. The maximum Gasteiger partial charge on any atom is 0.0611 e. The molecule has 0 heterocycles. The SMILES string of the molecule is CN(CCC(C)(CO)NC1CC1)CC1CCCCC1. The van der Waals surface area contributed by atoms with E-state index in [0.717, 1.165) is 18.9 Å². The summed E-state index contributed by atoms with van der Waals surface area (Å²) in [6.07, 6.45) is 10.7. The van der Waals surface area contributed by atoms with Gasteiger partial charge >= 0.3 is 0 Å². The van der Waals surface area contributed by atoms with E-state index in [0.29, 0.717) is 6.04 Å². The van der Waals surface area contributed by atoms with Crippen molar-refractivity contribution in [1.82, 2.24) is 10.2 Å². The molecule has 2 fully saturated rings. The normalized spacial score (nSPS) is 24.6. The van der Waals surface area contributed by atoms with E-state index in [1.54, 1.807) is 0 Å². The van der Waals surface area contributed by atoms with Crippen molar-refractivity contribution < 1.29 is 5.11 Å². The molecule has 0 aliphatic heterocycles. The van der Waals surface area contributed by atoms with Gasteiger partial charge in [-0.1, -0.05) is 19.3 Å². The third-order valence-corrected chi connectivity index (χ3v) is 4.82. The zero-order valence-electron chi connectivity index (χ0n) is 12.8. The summed E-state index contributed by atoms with van der Waals surface area (Å²) in [7, 11) is 2.24. The van der Waals surface area contributed by atoms with E-state index in [-0.39, 0.29) is 12.1 Å². The largest absolute Gasteiger partial charge is 0.394 e. The third-order valence-electron chi connectivity index (χ3n) is 4.82. The summed E-state index contributed by atoms with van der Waals surface area (Å²) in [5, 5.41) is 13.2. The molecule has 0 bridgehead atoms. The fraction of sp³-hybridized carbons (Fsp3) is 1.00. The lowest BCUT2D eigenvalue weighted by molar-refractivity contribution is 0.142. The molecule has 19 heavy (non-hydrogen) atoms. The molecule has 0 spiro atoms. The Bertz CT molecular complexity index is 261. The van der Waals surface area contributed by atoms with Gasteiger partial charge in [-0.25, -0.2) is 0 Å². The van der Waals surface area contributed by atoms with Crippen LogP contribution >= 0.6 is 0 Å². The number of nitrogens with zero attached hydrogens (tertiary/aromatic N) is 1. The number of hydrogen-bond acceptors (Lipinski definition) is 3. The van der Waals surface area contributed by atoms with Crippen molar-refractivity contribution in [3.8, 4) is 0 Å². The van der Waals surface area contributed by atoms with Crippen molar-refractivity contribution >= 4 is 0 Å². The lowest BCUT2D eigenvalue weighted by Crippen LogP contribution is -2.49. The molecule has 3 nitrogen and oxygen atoms in total. The highest BCUT2D eigenvalue weighted by Gasteiger charge is 2.32. The van der Waals surface area contributed by atoms with Crippen molar-refractivity contribution in [1.29, 1.82) is 0 Å². The maximum atomic E-state index is 9.62. The monoisotopic (exact) mass is 268 g/mol. The average Bonchev–Trinajstić information content (AvgIpc) is 3.21.